The summed E-state index contributed by atoms with van der Waals surface area (Å²) in [6, 6.07) is 9.80. The molecule has 0 spiro atoms. The molecule has 1 heterocycles. The van der Waals surface area contributed by atoms with E-state index in [0.717, 1.165) is 23.4 Å². The van der Waals surface area contributed by atoms with Gasteiger partial charge in [0.25, 0.3) is 0 Å². The molecule has 2 aromatic rings. The molecule has 2 bridgehead atoms. The van der Waals surface area contributed by atoms with Gasteiger partial charge in [0.15, 0.2) is 0 Å². The number of amides is 3. The van der Waals surface area contributed by atoms with Crippen molar-refractivity contribution in [2.75, 3.05) is 37.0 Å². The summed E-state index contributed by atoms with van der Waals surface area (Å²) in [6.45, 7) is 2.64. The fourth-order valence-corrected chi connectivity index (χ4v) is 6.35. The minimum absolute atomic E-state index is 0.00263. The molecule has 1 aliphatic heterocycles. The predicted octanol–water partition coefficient (Wildman–Crippen LogP) is 3.58. The Kier molecular flexibility index (Phi) is 7.48. The molecule has 218 valence electrons. The van der Waals surface area contributed by atoms with Crippen molar-refractivity contribution in [3.63, 3.8) is 0 Å². The number of halogens is 2. The van der Waals surface area contributed by atoms with Crippen LogP contribution < -0.4 is 20.4 Å². The molecule has 1 unspecified atom stereocenters. The second kappa shape index (κ2) is 10.8. The molecule has 41 heavy (non-hydrogen) atoms. The van der Waals surface area contributed by atoms with Crippen LogP contribution in [0.5, 0.6) is 0 Å². The third kappa shape index (κ3) is 5.25. The SMILES string of the molecule is CNC(=O)C(CCC=O)c1c(F)cc(N2CC(NC(=O)OC34CC(C(=O)N(C)c5ccc(C)cc5)(C3)C4)C2)cc1F. The lowest BCUT2D eigenvalue weighted by Gasteiger charge is -2.67. The Hall–Kier alpha value is -4.02. The van der Waals surface area contributed by atoms with Crippen LogP contribution in [-0.4, -0.2) is 63.0 Å². The number of ether oxygens (including phenoxy) is 1. The zero-order valence-electron chi connectivity index (χ0n) is 23.3. The molecule has 1 atom stereocenters. The lowest BCUT2D eigenvalue weighted by Crippen LogP contribution is -2.74. The van der Waals surface area contributed by atoms with Gasteiger partial charge in [-0.15, -0.1) is 0 Å². The number of benzene rings is 2. The highest BCUT2D eigenvalue weighted by Gasteiger charge is 2.74. The normalized spacial score (nSPS) is 23.3. The van der Waals surface area contributed by atoms with Crippen LogP contribution in [0.1, 0.15) is 49.1 Å². The van der Waals surface area contributed by atoms with Crippen molar-refractivity contribution in [1.29, 1.82) is 0 Å². The van der Waals surface area contributed by atoms with E-state index in [1.54, 1.807) is 16.8 Å². The maximum Gasteiger partial charge on any atom is 0.408 e. The molecule has 2 aromatic carbocycles. The van der Waals surface area contributed by atoms with Gasteiger partial charge in [-0.25, -0.2) is 13.6 Å². The number of carbonyl (C=O) groups excluding carboxylic acids is 4. The van der Waals surface area contributed by atoms with Crippen molar-refractivity contribution < 1.29 is 32.7 Å². The first kappa shape index (κ1) is 28.5. The Labute approximate surface area is 237 Å². The molecule has 2 N–H and O–H groups in total. The molecule has 4 fully saturated rings. The summed E-state index contributed by atoms with van der Waals surface area (Å²) in [5.41, 5.74) is 0.754. The molecule has 9 nitrogen and oxygen atoms in total. The average molecular weight is 569 g/mol. The van der Waals surface area contributed by atoms with Gasteiger partial charge in [-0.2, -0.15) is 0 Å². The number of carbonyl (C=O) groups is 4. The van der Waals surface area contributed by atoms with Gasteiger partial charge in [-0.1, -0.05) is 17.7 Å². The Balaban J connectivity index is 1.10. The molecule has 11 heteroatoms. The quantitative estimate of drug-likeness (QED) is 0.425. The van der Waals surface area contributed by atoms with Gasteiger partial charge < -0.3 is 30.0 Å². The number of aldehydes is 1. The van der Waals surface area contributed by atoms with Crippen LogP contribution in [0.25, 0.3) is 0 Å². The van der Waals surface area contributed by atoms with Gasteiger partial charge in [0.05, 0.1) is 17.4 Å². The fraction of sp³-hybridized carbons (Fsp3) is 0.467. The Morgan fingerprint density at radius 2 is 1.73 bits per heavy atom. The summed E-state index contributed by atoms with van der Waals surface area (Å²) in [5, 5.41) is 5.18. The number of nitrogens with zero attached hydrogens (tertiary/aromatic N) is 2. The van der Waals surface area contributed by atoms with E-state index in [1.165, 1.54) is 7.05 Å². The van der Waals surface area contributed by atoms with Gasteiger partial charge >= 0.3 is 6.09 Å². The number of anilines is 2. The van der Waals surface area contributed by atoms with E-state index in [-0.39, 0.29) is 30.4 Å². The van der Waals surface area contributed by atoms with E-state index >= 15 is 0 Å². The zero-order valence-corrected chi connectivity index (χ0v) is 23.3. The van der Waals surface area contributed by atoms with Gasteiger partial charge in [0, 0.05) is 69.8 Å². The van der Waals surface area contributed by atoms with Crippen molar-refractivity contribution >= 4 is 35.6 Å². The number of likely N-dealkylation sites (N-methyl/N-ethyl adjacent to an activating group) is 1. The van der Waals surface area contributed by atoms with Gasteiger partial charge in [0.2, 0.25) is 11.8 Å². The van der Waals surface area contributed by atoms with Gasteiger partial charge in [-0.05, 0) is 37.6 Å². The lowest BCUT2D eigenvalue weighted by molar-refractivity contribution is -0.246. The predicted molar refractivity (Wildman–Crippen MR) is 148 cm³/mol. The summed E-state index contributed by atoms with van der Waals surface area (Å²) in [6.07, 6.45) is 1.51. The zero-order chi connectivity index (χ0) is 29.5. The molecular formula is C30H34F2N4O5. The van der Waals surface area contributed by atoms with Crippen LogP contribution in [0.15, 0.2) is 36.4 Å². The molecule has 6 rings (SSSR count). The van der Waals surface area contributed by atoms with Crippen LogP contribution >= 0.6 is 0 Å². The summed E-state index contributed by atoms with van der Waals surface area (Å²) in [7, 11) is 3.13. The maximum atomic E-state index is 14.9. The molecule has 3 aliphatic carbocycles. The molecule has 0 radical (unpaired) electrons. The smallest absolute Gasteiger partial charge is 0.408 e. The monoisotopic (exact) mass is 568 g/mol. The van der Waals surface area contributed by atoms with Crippen molar-refractivity contribution in [2.45, 2.75) is 56.6 Å². The number of aryl methyl sites for hydroxylation is 1. The average Bonchev–Trinajstić information content (AvgIpc) is 2.87. The lowest BCUT2D eigenvalue weighted by atomic mass is 9.40. The van der Waals surface area contributed by atoms with Crippen LogP contribution in [0.4, 0.5) is 25.0 Å². The first-order valence-electron chi connectivity index (χ1n) is 13.7. The molecule has 4 aliphatic rings. The first-order chi connectivity index (χ1) is 19.5. The van der Waals surface area contributed by atoms with Crippen molar-refractivity contribution in [1.82, 2.24) is 10.6 Å². The number of hydrogen-bond acceptors (Lipinski definition) is 6. The number of rotatable bonds is 10. The number of nitrogens with one attached hydrogen (secondary N) is 2. The summed E-state index contributed by atoms with van der Waals surface area (Å²) in [5.74, 6) is -3.39. The highest BCUT2D eigenvalue weighted by Crippen LogP contribution is 2.69. The number of alkyl carbamates (subject to hydrolysis) is 1. The van der Waals surface area contributed by atoms with Gasteiger partial charge in [0.1, 0.15) is 23.5 Å². The van der Waals surface area contributed by atoms with E-state index < -0.39 is 40.6 Å². The minimum atomic E-state index is -1.12. The van der Waals surface area contributed by atoms with Crippen LogP contribution in [-0.2, 0) is 19.1 Å². The van der Waals surface area contributed by atoms with Crippen molar-refractivity contribution in [2.24, 2.45) is 5.41 Å². The molecule has 0 aromatic heterocycles. The van der Waals surface area contributed by atoms with Gasteiger partial charge in [-0.3, -0.25) is 9.59 Å². The second-order valence-electron chi connectivity index (χ2n) is 11.6. The maximum absolute atomic E-state index is 14.9. The minimum Gasteiger partial charge on any atom is -0.443 e. The third-order valence-corrected chi connectivity index (χ3v) is 8.59. The summed E-state index contributed by atoms with van der Waals surface area (Å²) in [4.78, 5) is 52.0. The van der Waals surface area contributed by atoms with Crippen LogP contribution in [0, 0.1) is 24.0 Å². The first-order valence-corrected chi connectivity index (χ1v) is 13.7. The van der Waals surface area contributed by atoms with E-state index in [9.17, 15) is 28.0 Å². The topological polar surface area (TPSA) is 108 Å². The van der Waals surface area contributed by atoms with Crippen molar-refractivity contribution in [3.05, 3.63) is 59.2 Å². The van der Waals surface area contributed by atoms with Crippen LogP contribution in [0.3, 0.4) is 0 Å². The molecule has 1 saturated heterocycles. The largest absolute Gasteiger partial charge is 0.443 e. The molecule has 3 amide bonds. The summed E-state index contributed by atoms with van der Waals surface area (Å²) < 4.78 is 35.6. The number of hydrogen-bond donors (Lipinski definition) is 2. The molecule has 3 saturated carbocycles. The van der Waals surface area contributed by atoms with E-state index in [4.69, 9.17) is 4.74 Å². The standard InChI is InChI=1S/C30H34F2N4O5/c1-18-6-8-20(9-7-18)35(3)27(39)29-15-30(16-29,17-29)41-28(40)34-19-13-36(14-19)21-11-23(31)25(24(32)12-21)22(5-4-10-37)26(38)33-2/h6-12,19,22H,4-5,13-17H2,1-3H3,(H,33,38)(H,34,40). The van der Waals surface area contributed by atoms with E-state index in [1.807, 2.05) is 31.2 Å². The fourth-order valence-electron chi connectivity index (χ4n) is 6.35. The Morgan fingerprint density at radius 1 is 1.12 bits per heavy atom. The van der Waals surface area contributed by atoms with E-state index in [2.05, 4.69) is 10.6 Å². The van der Waals surface area contributed by atoms with E-state index in [0.29, 0.717) is 44.3 Å². The third-order valence-electron chi connectivity index (χ3n) is 8.59. The summed E-state index contributed by atoms with van der Waals surface area (Å²) >= 11 is 0. The van der Waals surface area contributed by atoms with Crippen LogP contribution in [0.2, 0.25) is 0 Å². The highest BCUT2D eigenvalue weighted by atomic mass is 19.1. The Bertz CT molecular complexity index is 1330. The highest BCUT2D eigenvalue weighted by molar-refractivity contribution is 6.00. The molecular weight excluding hydrogens is 534 g/mol. The Morgan fingerprint density at radius 3 is 2.29 bits per heavy atom. The van der Waals surface area contributed by atoms with Crippen molar-refractivity contribution in [3.8, 4) is 0 Å². The second-order valence-corrected chi connectivity index (χ2v) is 11.6.